The molecule has 0 saturated heterocycles. The number of carbonyl (C=O) groups excluding carboxylic acids is 1. The molecule has 166 valence electrons. The normalized spacial score (nSPS) is 12.9. The van der Waals surface area contributed by atoms with Crippen LogP contribution in [-0.4, -0.2) is 26.1 Å². The Morgan fingerprint density at radius 1 is 1.03 bits per heavy atom. The van der Waals surface area contributed by atoms with Gasteiger partial charge < -0.3 is 16.0 Å². The molecule has 1 amide bonds. The molecule has 5 rings (SSSR count). The number of benzene rings is 2. The molecule has 3 N–H and O–H groups in total. The van der Waals surface area contributed by atoms with Crippen LogP contribution in [-0.2, 0) is 4.79 Å². The second kappa shape index (κ2) is 9.13. The summed E-state index contributed by atoms with van der Waals surface area (Å²) in [5.41, 5.74) is 3.21. The fraction of sp³-hybridized carbons (Fsp3) is 0.174. The average Bonchev–Trinajstić information content (AvgIpc) is 3.59. The van der Waals surface area contributed by atoms with Gasteiger partial charge in [0.05, 0.1) is 17.6 Å². The molecule has 1 fully saturated rings. The first-order valence-electron chi connectivity index (χ1n) is 10.4. The lowest BCUT2D eigenvalue weighted by atomic mass is 10.2. The number of para-hydroxylation sites is 2. The number of rotatable bonds is 7. The van der Waals surface area contributed by atoms with Crippen molar-refractivity contribution in [3.05, 3.63) is 64.8 Å². The summed E-state index contributed by atoms with van der Waals surface area (Å²) in [5.74, 6) is 0.968. The maximum atomic E-state index is 12.2. The minimum Gasteiger partial charge on any atom is -0.337 e. The summed E-state index contributed by atoms with van der Waals surface area (Å²) in [6.07, 6.45) is 3.41. The van der Waals surface area contributed by atoms with Crippen molar-refractivity contribution < 1.29 is 4.79 Å². The van der Waals surface area contributed by atoms with Gasteiger partial charge in [-0.3, -0.25) is 4.79 Å². The number of hydrogen-bond donors (Lipinski definition) is 3. The van der Waals surface area contributed by atoms with E-state index in [4.69, 9.17) is 11.6 Å². The second-order valence-corrected chi connectivity index (χ2v) is 9.24. The number of halogens is 1. The first-order chi connectivity index (χ1) is 16.0. The Labute approximate surface area is 199 Å². The molecule has 33 heavy (non-hydrogen) atoms. The lowest BCUT2D eigenvalue weighted by molar-refractivity contribution is -0.117. The van der Waals surface area contributed by atoms with Crippen molar-refractivity contribution in [3.63, 3.8) is 0 Å². The number of amides is 1. The summed E-state index contributed by atoms with van der Waals surface area (Å²) < 4.78 is 0. The SMILES string of the molecule is Cc1nnc(-c2ccc(Nc3ncc(Cl)c(Nc4ccccc4NC(=O)C4CC4)n3)cc2)s1. The number of aryl methyl sites for hydroxylation is 1. The predicted octanol–water partition coefficient (Wildman–Crippen LogP) is 5.79. The zero-order chi connectivity index (χ0) is 22.8. The van der Waals surface area contributed by atoms with Crippen LogP contribution in [0.1, 0.15) is 17.8 Å². The van der Waals surface area contributed by atoms with Crippen LogP contribution in [0.4, 0.5) is 28.8 Å². The summed E-state index contributed by atoms with van der Waals surface area (Å²) in [6, 6.07) is 15.3. The van der Waals surface area contributed by atoms with Crippen LogP contribution in [0.5, 0.6) is 0 Å². The third-order valence-electron chi connectivity index (χ3n) is 5.04. The van der Waals surface area contributed by atoms with E-state index in [0.717, 1.165) is 34.1 Å². The average molecular weight is 478 g/mol. The highest BCUT2D eigenvalue weighted by atomic mass is 35.5. The van der Waals surface area contributed by atoms with Gasteiger partial charge in [-0.05, 0) is 56.2 Å². The van der Waals surface area contributed by atoms with E-state index in [1.165, 1.54) is 6.20 Å². The summed E-state index contributed by atoms with van der Waals surface area (Å²) >= 11 is 7.89. The van der Waals surface area contributed by atoms with Crippen molar-refractivity contribution in [2.24, 2.45) is 5.92 Å². The smallest absolute Gasteiger partial charge is 0.229 e. The van der Waals surface area contributed by atoms with Crippen LogP contribution in [0.2, 0.25) is 5.02 Å². The molecule has 1 aliphatic carbocycles. The molecule has 2 heterocycles. The Hall–Kier alpha value is -3.56. The summed E-state index contributed by atoms with van der Waals surface area (Å²) in [6.45, 7) is 1.93. The van der Waals surface area contributed by atoms with E-state index in [1.54, 1.807) is 11.3 Å². The Bertz CT molecular complexity index is 1300. The fourth-order valence-corrected chi connectivity index (χ4v) is 4.00. The Morgan fingerprint density at radius 2 is 1.79 bits per heavy atom. The summed E-state index contributed by atoms with van der Waals surface area (Å²) in [4.78, 5) is 21.0. The Kier molecular flexibility index (Phi) is 5.89. The van der Waals surface area contributed by atoms with E-state index in [9.17, 15) is 4.79 Å². The topological polar surface area (TPSA) is 105 Å². The van der Waals surface area contributed by atoms with E-state index in [-0.39, 0.29) is 11.8 Å². The molecule has 0 bridgehead atoms. The number of nitrogens with one attached hydrogen (secondary N) is 3. The minimum atomic E-state index is 0.0347. The van der Waals surface area contributed by atoms with Crippen LogP contribution in [0.3, 0.4) is 0 Å². The molecular formula is C23H20ClN7OS. The molecule has 10 heteroatoms. The van der Waals surface area contributed by atoms with Crippen molar-refractivity contribution in [1.29, 1.82) is 0 Å². The van der Waals surface area contributed by atoms with Crippen molar-refractivity contribution in [3.8, 4) is 10.6 Å². The maximum Gasteiger partial charge on any atom is 0.229 e. The van der Waals surface area contributed by atoms with Crippen LogP contribution in [0, 0.1) is 12.8 Å². The number of aromatic nitrogens is 4. The first-order valence-corrected chi connectivity index (χ1v) is 11.6. The highest BCUT2D eigenvalue weighted by molar-refractivity contribution is 7.14. The van der Waals surface area contributed by atoms with Crippen LogP contribution < -0.4 is 16.0 Å². The lowest BCUT2D eigenvalue weighted by Crippen LogP contribution is -2.14. The van der Waals surface area contributed by atoms with Crippen molar-refractivity contribution in [2.45, 2.75) is 19.8 Å². The third kappa shape index (κ3) is 5.10. The highest BCUT2D eigenvalue weighted by Gasteiger charge is 2.30. The van der Waals surface area contributed by atoms with E-state index < -0.39 is 0 Å². The molecule has 0 unspecified atom stereocenters. The minimum absolute atomic E-state index is 0.0347. The van der Waals surface area contributed by atoms with Crippen LogP contribution >= 0.6 is 22.9 Å². The second-order valence-electron chi connectivity index (χ2n) is 7.65. The van der Waals surface area contributed by atoms with E-state index in [2.05, 4.69) is 36.1 Å². The Balaban J connectivity index is 1.32. The number of nitrogens with zero attached hydrogens (tertiary/aromatic N) is 4. The molecule has 0 spiro atoms. The molecule has 0 radical (unpaired) electrons. The van der Waals surface area contributed by atoms with Gasteiger partial charge in [0.25, 0.3) is 0 Å². The number of anilines is 5. The molecular weight excluding hydrogens is 458 g/mol. The van der Waals surface area contributed by atoms with Gasteiger partial charge in [0.1, 0.15) is 15.0 Å². The monoisotopic (exact) mass is 477 g/mol. The quantitative estimate of drug-likeness (QED) is 0.309. The van der Waals surface area contributed by atoms with Gasteiger partial charge in [-0.1, -0.05) is 35.1 Å². The van der Waals surface area contributed by atoms with Gasteiger partial charge in [0.2, 0.25) is 11.9 Å². The van der Waals surface area contributed by atoms with Crippen LogP contribution in [0.15, 0.2) is 54.7 Å². The van der Waals surface area contributed by atoms with Gasteiger partial charge in [-0.15, -0.1) is 10.2 Å². The van der Waals surface area contributed by atoms with Crippen molar-refractivity contribution >= 4 is 57.7 Å². The first kappa shape index (κ1) is 21.3. The number of hydrogen-bond acceptors (Lipinski definition) is 8. The molecule has 1 aliphatic rings. The molecule has 0 aliphatic heterocycles. The predicted molar refractivity (Wildman–Crippen MR) is 131 cm³/mol. The zero-order valence-corrected chi connectivity index (χ0v) is 19.2. The molecule has 8 nitrogen and oxygen atoms in total. The zero-order valence-electron chi connectivity index (χ0n) is 17.7. The maximum absolute atomic E-state index is 12.2. The van der Waals surface area contributed by atoms with E-state index >= 15 is 0 Å². The molecule has 2 aromatic carbocycles. The summed E-state index contributed by atoms with van der Waals surface area (Å²) in [7, 11) is 0. The fourth-order valence-electron chi connectivity index (χ4n) is 3.16. The highest BCUT2D eigenvalue weighted by Crippen LogP contribution is 2.33. The molecule has 1 saturated carbocycles. The van der Waals surface area contributed by atoms with Gasteiger partial charge in [0.15, 0.2) is 5.82 Å². The molecule has 4 aromatic rings. The van der Waals surface area contributed by atoms with E-state index in [1.807, 2.05) is 55.5 Å². The largest absolute Gasteiger partial charge is 0.337 e. The van der Waals surface area contributed by atoms with E-state index in [0.29, 0.717) is 28.2 Å². The van der Waals surface area contributed by atoms with Crippen LogP contribution in [0.25, 0.3) is 10.6 Å². The van der Waals surface area contributed by atoms with Gasteiger partial charge in [-0.2, -0.15) is 4.98 Å². The van der Waals surface area contributed by atoms with Crippen molar-refractivity contribution in [2.75, 3.05) is 16.0 Å². The lowest BCUT2D eigenvalue weighted by Gasteiger charge is -2.14. The van der Waals surface area contributed by atoms with Gasteiger partial charge in [0, 0.05) is 17.2 Å². The Morgan fingerprint density at radius 3 is 2.48 bits per heavy atom. The number of carbonyl (C=O) groups is 1. The molecule has 0 atom stereocenters. The molecule has 2 aromatic heterocycles. The van der Waals surface area contributed by atoms with Gasteiger partial charge >= 0.3 is 0 Å². The summed E-state index contributed by atoms with van der Waals surface area (Å²) in [5, 5.41) is 19.8. The van der Waals surface area contributed by atoms with Gasteiger partial charge in [-0.25, -0.2) is 4.98 Å². The van der Waals surface area contributed by atoms with Crippen molar-refractivity contribution in [1.82, 2.24) is 20.2 Å². The third-order valence-corrected chi connectivity index (χ3v) is 6.21. The standard InChI is InChI=1S/C23H20ClN7OS/c1-13-30-31-22(33-13)15-8-10-16(11-9-15)26-23-25-12-17(24)20(29-23)27-18-4-2-3-5-19(18)28-21(32)14-6-7-14/h2-5,8-12,14H,6-7H2,1H3,(H,28,32)(H2,25,26,27,29).